The van der Waals surface area contributed by atoms with Gasteiger partial charge in [0.05, 0.1) is 13.7 Å². The number of amides is 1. The number of methoxy groups -OCH3 is 1. The van der Waals surface area contributed by atoms with E-state index in [1.807, 2.05) is 24.3 Å². The molecule has 5 nitrogen and oxygen atoms in total. The maximum absolute atomic E-state index is 11.8. The topological polar surface area (TPSA) is 50.8 Å². The van der Waals surface area contributed by atoms with E-state index in [9.17, 15) is 4.79 Å². The van der Waals surface area contributed by atoms with Crippen LogP contribution in [0.3, 0.4) is 0 Å². The lowest BCUT2D eigenvalue weighted by Crippen LogP contribution is -2.41. The van der Waals surface area contributed by atoms with Gasteiger partial charge < -0.3 is 14.8 Å². The Hall–Kier alpha value is -1.59. The van der Waals surface area contributed by atoms with E-state index in [0.717, 1.165) is 24.4 Å². The van der Waals surface area contributed by atoms with Crippen molar-refractivity contribution >= 4 is 5.91 Å². The van der Waals surface area contributed by atoms with Crippen LogP contribution in [0.25, 0.3) is 0 Å². The molecule has 1 aromatic carbocycles. The largest absolute Gasteiger partial charge is 0.497 e. The number of carbonyl (C=O) groups is 1. The van der Waals surface area contributed by atoms with Crippen LogP contribution in [-0.4, -0.2) is 50.2 Å². The number of benzene rings is 1. The number of ether oxygens (including phenoxy) is 2. The molecule has 122 valence electrons. The number of nitrogens with one attached hydrogen (secondary N) is 1. The maximum atomic E-state index is 11.8. The first-order chi connectivity index (χ1) is 10.7. The second-order valence-corrected chi connectivity index (χ2v) is 5.74. The minimum Gasteiger partial charge on any atom is -0.497 e. The van der Waals surface area contributed by atoms with Gasteiger partial charge in [0.15, 0.2) is 0 Å². The third-order valence-electron chi connectivity index (χ3n) is 3.99. The van der Waals surface area contributed by atoms with Gasteiger partial charge in [-0.3, -0.25) is 9.69 Å². The second-order valence-electron chi connectivity index (χ2n) is 5.74. The molecule has 0 saturated carbocycles. The van der Waals surface area contributed by atoms with Crippen LogP contribution in [0.15, 0.2) is 24.3 Å². The molecule has 1 fully saturated rings. The van der Waals surface area contributed by atoms with Gasteiger partial charge in [0.25, 0.3) is 0 Å². The molecule has 1 heterocycles. The lowest BCUT2D eigenvalue weighted by Gasteiger charge is -2.23. The van der Waals surface area contributed by atoms with Gasteiger partial charge in [-0.15, -0.1) is 0 Å². The minimum atomic E-state index is -0.0612. The van der Waals surface area contributed by atoms with Crippen LogP contribution >= 0.6 is 0 Å². The van der Waals surface area contributed by atoms with Gasteiger partial charge in [-0.1, -0.05) is 12.1 Å². The molecule has 1 aliphatic rings. The summed E-state index contributed by atoms with van der Waals surface area (Å²) in [7, 11) is 1.63. The minimum absolute atomic E-state index is 0.0612. The Bertz CT molecular complexity index is 473. The monoisotopic (exact) mass is 306 g/mol. The van der Waals surface area contributed by atoms with Gasteiger partial charge in [-0.05, 0) is 50.6 Å². The molecular weight excluding hydrogens is 280 g/mol. The first-order valence-electron chi connectivity index (χ1n) is 7.90. The molecule has 5 heteroatoms. The molecule has 0 aliphatic carbocycles. The fourth-order valence-electron chi connectivity index (χ4n) is 2.65. The summed E-state index contributed by atoms with van der Waals surface area (Å²) in [5.41, 5.74) is 0.998. The van der Waals surface area contributed by atoms with Crippen molar-refractivity contribution in [3.63, 3.8) is 0 Å². The second kappa shape index (κ2) is 8.76. The summed E-state index contributed by atoms with van der Waals surface area (Å²) in [6, 6.07) is 8.05. The Morgan fingerprint density at radius 1 is 1.36 bits per heavy atom. The maximum Gasteiger partial charge on any atom is 0.246 e. The Morgan fingerprint density at radius 3 is 2.86 bits per heavy atom. The fraction of sp³-hybridized carbons (Fsp3) is 0.588. The number of rotatable bonds is 8. The Morgan fingerprint density at radius 2 is 2.14 bits per heavy atom. The highest BCUT2D eigenvalue weighted by molar-refractivity contribution is 5.77. The number of carbonyl (C=O) groups excluding carboxylic acids is 1. The van der Waals surface area contributed by atoms with Crippen LogP contribution in [0, 0.1) is 0 Å². The smallest absolute Gasteiger partial charge is 0.246 e. The molecule has 2 rings (SSSR count). The van der Waals surface area contributed by atoms with E-state index >= 15 is 0 Å². The normalized spacial score (nSPS) is 16.5. The van der Waals surface area contributed by atoms with Crippen LogP contribution in [-0.2, 0) is 16.1 Å². The van der Waals surface area contributed by atoms with Gasteiger partial charge in [-0.25, -0.2) is 0 Å². The Kier molecular flexibility index (Phi) is 6.68. The summed E-state index contributed by atoms with van der Waals surface area (Å²) in [6.07, 6.45) is 2.53. The van der Waals surface area contributed by atoms with Crippen LogP contribution in [0.5, 0.6) is 5.75 Å². The highest BCUT2D eigenvalue weighted by atomic mass is 16.5. The molecule has 1 amide bonds. The van der Waals surface area contributed by atoms with Crippen LogP contribution < -0.4 is 10.1 Å². The first-order valence-corrected chi connectivity index (χ1v) is 7.90. The van der Waals surface area contributed by atoms with Gasteiger partial charge in [0.1, 0.15) is 12.4 Å². The average Bonchev–Trinajstić information content (AvgIpc) is 3.07. The van der Waals surface area contributed by atoms with Crippen molar-refractivity contribution in [3.8, 4) is 5.75 Å². The summed E-state index contributed by atoms with van der Waals surface area (Å²) in [5, 5.41) is 2.94. The van der Waals surface area contributed by atoms with Gasteiger partial charge in [-0.2, -0.15) is 0 Å². The Balaban J connectivity index is 1.62. The van der Waals surface area contributed by atoms with Gasteiger partial charge >= 0.3 is 0 Å². The molecule has 0 bridgehead atoms. The summed E-state index contributed by atoms with van der Waals surface area (Å²) >= 11 is 0. The standard InChI is InChI=1S/C17H26N2O3/c1-14(19-8-3-4-9-19)11-18-17(20)13-22-12-15-6-5-7-16(10-15)21-2/h5-7,10,14H,3-4,8-9,11-13H2,1-2H3,(H,18,20). The van der Waals surface area contributed by atoms with Gasteiger partial charge in [0.2, 0.25) is 5.91 Å². The van der Waals surface area contributed by atoms with Crippen molar-refractivity contribution in [2.45, 2.75) is 32.4 Å². The number of likely N-dealkylation sites (tertiary alicyclic amines) is 1. The summed E-state index contributed by atoms with van der Waals surface area (Å²) in [6.45, 7) is 5.62. The molecule has 1 aliphatic heterocycles. The van der Waals surface area contributed by atoms with Crippen molar-refractivity contribution in [3.05, 3.63) is 29.8 Å². The van der Waals surface area contributed by atoms with Crippen molar-refractivity contribution < 1.29 is 14.3 Å². The zero-order valence-electron chi connectivity index (χ0n) is 13.5. The third-order valence-corrected chi connectivity index (χ3v) is 3.99. The molecule has 1 unspecified atom stereocenters. The summed E-state index contributed by atoms with van der Waals surface area (Å²) < 4.78 is 10.6. The van der Waals surface area contributed by atoms with Crippen LogP contribution in [0.4, 0.5) is 0 Å². The molecule has 1 aromatic rings. The highest BCUT2D eigenvalue weighted by Gasteiger charge is 2.18. The Labute approximate surface area is 132 Å². The van der Waals surface area contributed by atoms with E-state index in [4.69, 9.17) is 9.47 Å². The van der Waals surface area contributed by atoms with E-state index in [-0.39, 0.29) is 12.5 Å². The van der Waals surface area contributed by atoms with Crippen LogP contribution in [0.1, 0.15) is 25.3 Å². The molecule has 22 heavy (non-hydrogen) atoms. The molecule has 1 N–H and O–H groups in total. The molecule has 0 radical (unpaired) electrons. The fourth-order valence-corrected chi connectivity index (χ4v) is 2.65. The number of hydrogen-bond donors (Lipinski definition) is 1. The van der Waals surface area contributed by atoms with Crippen molar-refractivity contribution in [2.24, 2.45) is 0 Å². The van der Waals surface area contributed by atoms with Gasteiger partial charge in [0, 0.05) is 12.6 Å². The number of hydrogen-bond acceptors (Lipinski definition) is 4. The number of nitrogens with zero attached hydrogens (tertiary/aromatic N) is 1. The predicted molar refractivity (Wildman–Crippen MR) is 85.9 cm³/mol. The van der Waals surface area contributed by atoms with Crippen molar-refractivity contribution in [1.29, 1.82) is 0 Å². The third kappa shape index (κ3) is 5.31. The van der Waals surface area contributed by atoms with E-state index < -0.39 is 0 Å². The van der Waals surface area contributed by atoms with E-state index in [2.05, 4.69) is 17.1 Å². The molecule has 0 aromatic heterocycles. The van der Waals surface area contributed by atoms with E-state index in [0.29, 0.717) is 19.2 Å². The zero-order chi connectivity index (χ0) is 15.8. The zero-order valence-corrected chi connectivity index (χ0v) is 13.5. The average molecular weight is 306 g/mol. The summed E-state index contributed by atoms with van der Waals surface area (Å²) in [5.74, 6) is 0.735. The first kappa shape index (κ1) is 16.8. The highest BCUT2D eigenvalue weighted by Crippen LogP contribution is 2.13. The van der Waals surface area contributed by atoms with Crippen molar-refractivity contribution in [2.75, 3.05) is 33.4 Å². The molecule has 0 spiro atoms. The summed E-state index contributed by atoms with van der Waals surface area (Å²) in [4.78, 5) is 14.2. The van der Waals surface area contributed by atoms with Crippen molar-refractivity contribution in [1.82, 2.24) is 10.2 Å². The molecule has 1 atom stereocenters. The lowest BCUT2D eigenvalue weighted by atomic mass is 10.2. The van der Waals surface area contributed by atoms with Crippen LogP contribution in [0.2, 0.25) is 0 Å². The molecular formula is C17H26N2O3. The molecule has 1 saturated heterocycles. The van der Waals surface area contributed by atoms with E-state index in [1.165, 1.54) is 12.8 Å². The van der Waals surface area contributed by atoms with E-state index in [1.54, 1.807) is 7.11 Å². The SMILES string of the molecule is COc1cccc(COCC(=O)NCC(C)N2CCCC2)c1. The quantitative estimate of drug-likeness (QED) is 0.796. The predicted octanol–water partition coefficient (Wildman–Crippen LogP) is 1.81. The lowest BCUT2D eigenvalue weighted by molar-refractivity contribution is -0.126.